The molecule has 0 amide bonds. The molecule has 0 nitrogen and oxygen atoms in total. The lowest BCUT2D eigenvalue weighted by atomic mass is 10.4. The van der Waals surface area contributed by atoms with E-state index in [0.717, 1.165) is 11.3 Å². The molecule has 0 aromatic heterocycles. The minimum atomic E-state index is 0.992. The van der Waals surface area contributed by atoms with Crippen LogP contribution in [0, 0.1) is 0 Å². The second-order valence-corrected chi connectivity index (χ2v) is 5.19. The normalized spacial score (nSPS) is 47.7. The van der Waals surface area contributed by atoms with E-state index >= 15 is 0 Å². The second-order valence-electron chi connectivity index (χ2n) is 1.71. The Labute approximate surface area is 41.7 Å². The van der Waals surface area contributed by atoms with Gasteiger partial charge in [-0.1, -0.05) is 29.6 Å². The molecule has 0 spiro atoms. The minimum absolute atomic E-state index is 0.992. The van der Waals surface area contributed by atoms with Gasteiger partial charge in [-0.05, 0) is 0 Å². The Hall–Kier alpha value is 0.600. The van der Waals surface area contributed by atoms with Crippen LogP contribution in [0.15, 0.2) is 0 Å². The third-order valence-corrected chi connectivity index (χ3v) is 5.71. The first-order valence-corrected chi connectivity index (χ1v) is 4.84. The molecule has 2 heteroatoms. The van der Waals surface area contributed by atoms with Crippen LogP contribution < -0.4 is 0 Å². The Bertz CT molecular complexity index is 67.6. The van der Waals surface area contributed by atoms with Crippen LogP contribution in [0.1, 0.15) is 13.8 Å². The maximum absolute atomic E-state index is 2.31. The number of hydrogen-bond donors (Lipinski definition) is 0. The van der Waals surface area contributed by atoms with E-state index in [1.165, 1.54) is 0 Å². The SMILES string of the molecule is C[C@@H]1P=P[C@@H]1C. The molecule has 0 radical (unpaired) electrons. The molecule has 34 valence electrons. The van der Waals surface area contributed by atoms with Gasteiger partial charge in [0.2, 0.25) is 0 Å². The molecular weight excluding hydrogens is 110 g/mol. The molecule has 0 aliphatic carbocycles. The predicted molar refractivity (Wildman–Crippen MR) is 32.8 cm³/mol. The van der Waals surface area contributed by atoms with E-state index in [1.807, 2.05) is 0 Å². The highest BCUT2D eigenvalue weighted by molar-refractivity contribution is 7.88. The summed E-state index contributed by atoms with van der Waals surface area (Å²) in [6.45, 7) is 4.62. The van der Waals surface area contributed by atoms with Crippen LogP contribution in [-0.4, -0.2) is 11.3 Å². The zero-order valence-electron chi connectivity index (χ0n) is 4.05. The maximum atomic E-state index is 2.31. The molecule has 1 heterocycles. The smallest absolute Gasteiger partial charge is 0.0125 e. The van der Waals surface area contributed by atoms with Gasteiger partial charge in [-0.15, -0.1) is 0 Å². The molecule has 1 aliphatic heterocycles. The standard InChI is InChI=1S/C4H8P2/c1-3-4(2)6-5-3/h3-4H,1-2H3/t3-,4+. The first-order valence-electron chi connectivity index (χ1n) is 2.20. The third kappa shape index (κ3) is 0.647. The lowest BCUT2D eigenvalue weighted by molar-refractivity contribution is 0.914. The molecule has 6 heavy (non-hydrogen) atoms. The Balaban J connectivity index is 2.45. The molecule has 0 saturated carbocycles. The van der Waals surface area contributed by atoms with Gasteiger partial charge in [-0.25, -0.2) is 0 Å². The average Bonchev–Trinajstić information content (AvgIpc) is 1.61. The summed E-state index contributed by atoms with van der Waals surface area (Å²) in [6, 6.07) is 0. The topological polar surface area (TPSA) is 0 Å². The van der Waals surface area contributed by atoms with Gasteiger partial charge >= 0.3 is 0 Å². The monoisotopic (exact) mass is 118 g/mol. The summed E-state index contributed by atoms with van der Waals surface area (Å²) in [4.78, 5) is 0. The van der Waals surface area contributed by atoms with Crippen molar-refractivity contribution in [3.8, 4) is 0 Å². The van der Waals surface area contributed by atoms with E-state index in [9.17, 15) is 0 Å². The van der Waals surface area contributed by atoms with Crippen molar-refractivity contribution >= 4 is 15.7 Å². The van der Waals surface area contributed by atoms with Crippen LogP contribution in [0.2, 0.25) is 0 Å². The van der Waals surface area contributed by atoms with Crippen LogP contribution in [-0.2, 0) is 0 Å². The first kappa shape index (κ1) is 4.75. The molecule has 0 aromatic rings. The van der Waals surface area contributed by atoms with Gasteiger partial charge in [0.15, 0.2) is 0 Å². The summed E-state index contributed by atoms with van der Waals surface area (Å²) in [6.07, 6.45) is 0. The predicted octanol–water partition coefficient (Wildman–Crippen LogP) is 2.58. The lowest BCUT2D eigenvalue weighted by Gasteiger charge is -2.17. The van der Waals surface area contributed by atoms with Gasteiger partial charge in [0.1, 0.15) is 0 Å². The second kappa shape index (κ2) is 1.60. The van der Waals surface area contributed by atoms with Gasteiger partial charge in [-0.3, -0.25) is 0 Å². The summed E-state index contributed by atoms with van der Waals surface area (Å²) in [5.41, 5.74) is 1.98. The van der Waals surface area contributed by atoms with Crippen molar-refractivity contribution in [3.05, 3.63) is 0 Å². The zero-order valence-corrected chi connectivity index (χ0v) is 5.84. The van der Waals surface area contributed by atoms with Crippen molar-refractivity contribution < 1.29 is 0 Å². The van der Waals surface area contributed by atoms with E-state index < -0.39 is 0 Å². The van der Waals surface area contributed by atoms with Crippen LogP contribution >= 0.6 is 15.7 Å². The minimum Gasteiger partial charge on any atom is -0.0718 e. The van der Waals surface area contributed by atoms with E-state index in [2.05, 4.69) is 13.8 Å². The lowest BCUT2D eigenvalue weighted by Crippen LogP contribution is -2.09. The van der Waals surface area contributed by atoms with Gasteiger partial charge < -0.3 is 0 Å². The Kier molecular flexibility index (Phi) is 1.27. The van der Waals surface area contributed by atoms with Crippen LogP contribution in [0.5, 0.6) is 0 Å². The van der Waals surface area contributed by atoms with Crippen LogP contribution in [0.3, 0.4) is 0 Å². The largest absolute Gasteiger partial charge is 0.0718 e. The number of hydrogen-bond acceptors (Lipinski definition) is 0. The van der Waals surface area contributed by atoms with Gasteiger partial charge in [0, 0.05) is 11.3 Å². The highest BCUT2D eigenvalue weighted by atomic mass is 31.7. The van der Waals surface area contributed by atoms with Gasteiger partial charge in [0.05, 0.1) is 0 Å². The fourth-order valence-corrected chi connectivity index (χ4v) is 3.00. The average molecular weight is 118 g/mol. The van der Waals surface area contributed by atoms with Crippen LogP contribution in [0.25, 0.3) is 0 Å². The fourth-order valence-electron chi connectivity index (χ4n) is 0.333. The fraction of sp³-hybridized carbons (Fsp3) is 1.00. The van der Waals surface area contributed by atoms with Crippen molar-refractivity contribution in [1.29, 1.82) is 0 Å². The van der Waals surface area contributed by atoms with E-state index in [1.54, 1.807) is 15.7 Å². The molecule has 0 bridgehead atoms. The van der Waals surface area contributed by atoms with Crippen molar-refractivity contribution in [2.24, 2.45) is 0 Å². The summed E-state index contributed by atoms with van der Waals surface area (Å²) >= 11 is 0. The molecule has 1 aliphatic rings. The van der Waals surface area contributed by atoms with Crippen molar-refractivity contribution in [2.75, 3.05) is 0 Å². The van der Waals surface area contributed by atoms with Gasteiger partial charge in [0.25, 0.3) is 0 Å². The van der Waals surface area contributed by atoms with E-state index in [-0.39, 0.29) is 0 Å². The molecule has 2 atom stereocenters. The molecule has 0 N–H and O–H groups in total. The molecule has 0 unspecified atom stereocenters. The summed E-state index contributed by atoms with van der Waals surface area (Å²) in [5.74, 6) is 0. The molecule has 1 rings (SSSR count). The summed E-state index contributed by atoms with van der Waals surface area (Å²) < 4.78 is 0. The highest BCUT2D eigenvalue weighted by Gasteiger charge is 2.14. The number of rotatable bonds is 0. The van der Waals surface area contributed by atoms with Gasteiger partial charge in [-0.2, -0.15) is 0 Å². The maximum Gasteiger partial charge on any atom is 0.0125 e. The zero-order chi connectivity index (χ0) is 4.57. The van der Waals surface area contributed by atoms with E-state index in [0.29, 0.717) is 0 Å². The van der Waals surface area contributed by atoms with Crippen molar-refractivity contribution in [1.82, 2.24) is 0 Å². The molecular formula is C4H8P2. The Morgan fingerprint density at radius 2 is 1.33 bits per heavy atom. The molecule has 0 fully saturated rings. The quantitative estimate of drug-likeness (QED) is 0.429. The van der Waals surface area contributed by atoms with E-state index in [4.69, 9.17) is 0 Å². The first-order chi connectivity index (χ1) is 2.80. The van der Waals surface area contributed by atoms with Crippen molar-refractivity contribution in [3.63, 3.8) is 0 Å². The summed E-state index contributed by atoms with van der Waals surface area (Å²) in [5, 5.41) is 0. The molecule has 0 saturated heterocycles. The Morgan fingerprint density at radius 1 is 1.00 bits per heavy atom. The summed E-state index contributed by atoms with van der Waals surface area (Å²) in [7, 11) is 3.29. The van der Waals surface area contributed by atoms with Crippen molar-refractivity contribution in [2.45, 2.75) is 25.2 Å². The molecule has 0 aromatic carbocycles. The Morgan fingerprint density at radius 3 is 1.33 bits per heavy atom. The highest BCUT2D eigenvalue weighted by Crippen LogP contribution is 2.42. The third-order valence-electron chi connectivity index (χ3n) is 1.13. The van der Waals surface area contributed by atoms with Crippen LogP contribution in [0.4, 0.5) is 0 Å².